The Balaban J connectivity index is 1.39. The highest BCUT2D eigenvalue weighted by atomic mass is 32.2. The minimum atomic E-state index is -3.18. The molecule has 0 N–H and O–H groups in total. The predicted octanol–water partition coefficient (Wildman–Crippen LogP) is 4.02. The Kier molecular flexibility index (Phi) is 4.53. The predicted molar refractivity (Wildman–Crippen MR) is 116 cm³/mol. The Morgan fingerprint density at radius 3 is 2.55 bits per heavy atom. The third-order valence-corrected chi connectivity index (χ3v) is 7.57. The maximum Gasteiger partial charge on any atom is 0.194 e. The van der Waals surface area contributed by atoms with E-state index in [1.54, 1.807) is 23.5 Å². The summed E-state index contributed by atoms with van der Waals surface area (Å²) >= 11 is 1.75. The van der Waals surface area contributed by atoms with Crippen molar-refractivity contribution < 1.29 is 8.42 Å². The monoisotopic (exact) mass is 423 g/mol. The van der Waals surface area contributed by atoms with Crippen LogP contribution in [0.15, 0.2) is 65.7 Å². The number of sulfone groups is 1. The summed E-state index contributed by atoms with van der Waals surface area (Å²) in [7, 11) is -3.18. The number of imidazole rings is 1. The van der Waals surface area contributed by atoms with E-state index in [-0.39, 0.29) is 0 Å². The molecule has 29 heavy (non-hydrogen) atoms. The second-order valence-corrected chi connectivity index (χ2v) is 10.6. The van der Waals surface area contributed by atoms with Gasteiger partial charge >= 0.3 is 0 Å². The summed E-state index contributed by atoms with van der Waals surface area (Å²) < 4.78 is 25.5. The van der Waals surface area contributed by atoms with E-state index in [2.05, 4.69) is 45.8 Å². The van der Waals surface area contributed by atoms with Crippen molar-refractivity contribution in [3.63, 3.8) is 0 Å². The molecule has 148 valence electrons. The highest BCUT2D eigenvalue weighted by molar-refractivity contribution is 7.90. The maximum atomic E-state index is 11.7. The van der Waals surface area contributed by atoms with E-state index in [1.165, 1.54) is 22.4 Å². The third-order valence-electron chi connectivity index (χ3n) is 5.36. The van der Waals surface area contributed by atoms with Gasteiger partial charge in [-0.1, -0.05) is 53.8 Å². The molecule has 5 nitrogen and oxygen atoms in total. The Morgan fingerprint density at radius 2 is 1.83 bits per heavy atom. The number of benzene rings is 2. The lowest BCUT2D eigenvalue weighted by Gasteiger charge is -2.26. The van der Waals surface area contributed by atoms with Crippen molar-refractivity contribution in [3.05, 3.63) is 76.9 Å². The molecule has 3 heterocycles. The first kappa shape index (κ1) is 18.5. The third kappa shape index (κ3) is 3.61. The molecule has 0 unspecified atom stereocenters. The van der Waals surface area contributed by atoms with Gasteiger partial charge in [0, 0.05) is 54.6 Å². The SMILES string of the molecule is CS(=O)(=O)c1ccc(-c2cn3c4c(sc3n2)CN(Cc2ccccc2)CC4)cc1. The van der Waals surface area contributed by atoms with E-state index < -0.39 is 9.84 Å². The molecule has 0 amide bonds. The van der Waals surface area contributed by atoms with Crippen LogP contribution in [-0.2, 0) is 29.3 Å². The average Bonchev–Trinajstić information content (AvgIpc) is 3.26. The number of thiazole rings is 1. The average molecular weight is 424 g/mol. The van der Waals surface area contributed by atoms with Gasteiger partial charge < -0.3 is 0 Å². The summed E-state index contributed by atoms with van der Waals surface area (Å²) in [6, 6.07) is 17.5. The lowest BCUT2D eigenvalue weighted by molar-refractivity contribution is 0.246. The summed E-state index contributed by atoms with van der Waals surface area (Å²) in [5, 5.41) is 0. The molecule has 7 heteroatoms. The highest BCUT2D eigenvalue weighted by Crippen LogP contribution is 2.32. The van der Waals surface area contributed by atoms with Gasteiger partial charge in [-0.3, -0.25) is 9.30 Å². The molecular weight excluding hydrogens is 402 g/mol. The van der Waals surface area contributed by atoms with Crippen LogP contribution in [-0.4, -0.2) is 35.5 Å². The van der Waals surface area contributed by atoms with Gasteiger partial charge in [0.15, 0.2) is 14.8 Å². The second kappa shape index (κ2) is 7.09. The number of aromatic nitrogens is 2. The molecule has 0 aliphatic carbocycles. The first-order chi connectivity index (χ1) is 14.0. The molecular formula is C22H21N3O2S2. The standard InChI is InChI=1S/C22H21N3O2S2/c1-29(26,27)18-9-7-17(8-10-18)19-14-25-20-11-12-24(13-16-5-3-2-4-6-16)15-21(20)28-22(25)23-19/h2-10,14H,11-13,15H2,1H3. The van der Waals surface area contributed by atoms with Crippen molar-refractivity contribution in [2.75, 3.05) is 12.8 Å². The molecule has 2 aromatic carbocycles. The number of fused-ring (bicyclic) bond motifs is 3. The van der Waals surface area contributed by atoms with Crippen LogP contribution in [0, 0.1) is 0 Å². The topological polar surface area (TPSA) is 54.7 Å². The molecule has 1 aliphatic rings. The lowest BCUT2D eigenvalue weighted by Crippen LogP contribution is -2.29. The number of nitrogens with zero attached hydrogens (tertiary/aromatic N) is 3. The largest absolute Gasteiger partial charge is 0.294 e. The normalized spacial score (nSPS) is 14.9. The zero-order valence-electron chi connectivity index (χ0n) is 16.1. The molecule has 1 aliphatic heterocycles. The molecule has 0 radical (unpaired) electrons. The van der Waals surface area contributed by atoms with Gasteiger partial charge in [0.1, 0.15) is 0 Å². The first-order valence-electron chi connectivity index (χ1n) is 9.54. The van der Waals surface area contributed by atoms with Crippen molar-refractivity contribution in [1.82, 2.24) is 14.3 Å². The Morgan fingerprint density at radius 1 is 1.07 bits per heavy atom. The first-order valence-corrected chi connectivity index (χ1v) is 12.2. The van der Waals surface area contributed by atoms with Gasteiger partial charge in [0.2, 0.25) is 0 Å². The van der Waals surface area contributed by atoms with E-state index >= 15 is 0 Å². The molecule has 4 aromatic rings. The zero-order valence-corrected chi connectivity index (χ0v) is 17.7. The van der Waals surface area contributed by atoms with Crippen molar-refractivity contribution >= 4 is 26.1 Å². The van der Waals surface area contributed by atoms with Crippen molar-refractivity contribution in [3.8, 4) is 11.3 Å². The van der Waals surface area contributed by atoms with E-state index in [9.17, 15) is 8.42 Å². The van der Waals surface area contributed by atoms with E-state index in [4.69, 9.17) is 4.98 Å². The highest BCUT2D eigenvalue weighted by Gasteiger charge is 2.22. The molecule has 0 saturated heterocycles. The van der Waals surface area contributed by atoms with Crippen molar-refractivity contribution in [2.24, 2.45) is 0 Å². The van der Waals surface area contributed by atoms with Crippen LogP contribution in [0.4, 0.5) is 0 Å². The van der Waals surface area contributed by atoms with Gasteiger partial charge in [-0.15, -0.1) is 0 Å². The van der Waals surface area contributed by atoms with E-state index in [0.717, 1.165) is 42.3 Å². The smallest absolute Gasteiger partial charge is 0.194 e. The minimum absolute atomic E-state index is 0.332. The second-order valence-electron chi connectivity index (χ2n) is 7.49. The molecule has 5 rings (SSSR count). The van der Waals surface area contributed by atoms with Crippen LogP contribution in [0.1, 0.15) is 16.1 Å². The van der Waals surface area contributed by atoms with Crippen LogP contribution in [0.3, 0.4) is 0 Å². The summed E-state index contributed by atoms with van der Waals surface area (Å²) in [5.41, 5.74) is 4.51. The summed E-state index contributed by atoms with van der Waals surface area (Å²) in [6.45, 7) is 2.96. The molecule has 2 aromatic heterocycles. The van der Waals surface area contributed by atoms with E-state index in [1.807, 2.05) is 12.1 Å². The van der Waals surface area contributed by atoms with Gasteiger partial charge in [-0.05, 0) is 17.7 Å². The van der Waals surface area contributed by atoms with Crippen LogP contribution >= 0.6 is 11.3 Å². The quantitative estimate of drug-likeness (QED) is 0.497. The number of hydrogen-bond donors (Lipinski definition) is 0. The van der Waals surface area contributed by atoms with Crippen LogP contribution in [0.5, 0.6) is 0 Å². The van der Waals surface area contributed by atoms with Crippen LogP contribution in [0.2, 0.25) is 0 Å². The fourth-order valence-corrected chi connectivity index (χ4v) is 5.67. The molecule has 0 atom stereocenters. The van der Waals surface area contributed by atoms with Crippen LogP contribution < -0.4 is 0 Å². The fraction of sp³-hybridized carbons (Fsp3) is 0.227. The summed E-state index contributed by atoms with van der Waals surface area (Å²) in [6.07, 6.45) is 4.31. The number of hydrogen-bond acceptors (Lipinski definition) is 5. The van der Waals surface area contributed by atoms with Gasteiger partial charge in [0.25, 0.3) is 0 Å². The van der Waals surface area contributed by atoms with Gasteiger partial charge in [0.05, 0.1) is 10.6 Å². The van der Waals surface area contributed by atoms with Gasteiger partial charge in [-0.2, -0.15) is 0 Å². The Bertz CT molecular complexity index is 1270. The minimum Gasteiger partial charge on any atom is -0.294 e. The van der Waals surface area contributed by atoms with Crippen molar-refractivity contribution in [1.29, 1.82) is 0 Å². The zero-order chi connectivity index (χ0) is 20.0. The van der Waals surface area contributed by atoms with Crippen molar-refractivity contribution in [2.45, 2.75) is 24.4 Å². The number of rotatable bonds is 4. The summed E-state index contributed by atoms with van der Waals surface area (Å²) in [5.74, 6) is 0. The molecule has 0 spiro atoms. The molecule has 0 fully saturated rings. The summed E-state index contributed by atoms with van der Waals surface area (Å²) in [4.78, 5) is 10.0. The molecule has 0 saturated carbocycles. The maximum absolute atomic E-state index is 11.7. The van der Waals surface area contributed by atoms with Gasteiger partial charge in [-0.25, -0.2) is 13.4 Å². The van der Waals surface area contributed by atoms with E-state index in [0.29, 0.717) is 4.90 Å². The molecule has 0 bridgehead atoms. The Hall–Kier alpha value is -2.48. The Labute approximate surface area is 174 Å². The fourth-order valence-electron chi connectivity index (χ4n) is 3.85. The van der Waals surface area contributed by atoms with Crippen LogP contribution in [0.25, 0.3) is 16.2 Å². The lowest BCUT2D eigenvalue weighted by atomic mass is 10.1.